The lowest BCUT2D eigenvalue weighted by molar-refractivity contribution is 0.0984. The van der Waals surface area contributed by atoms with Crippen molar-refractivity contribution < 1.29 is 4.79 Å². The van der Waals surface area contributed by atoms with E-state index in [0.29, 0.717) is 18.7 Å². The first-order valence-corrected chi connectivity index (χ1v) is 9.04. The maximum atomic E-state index is 12.4. The zero-order valence-corrected chi connectivity index (χ0v) is 14.9. The van der Waals surface area contributed by atoms with Crippen molar-refractivity contribution in [3.8, 4) is 0 Å². The number of benzene rings is 3. The number of Topliss-reactive ketones (excluding diaryl/α,β-unsaturated/α-hetero) is 1. The van der Waals surface area contributed by atoms with Crippen LogP contribution in [-0.4, -0.2) is 11.6 Å². The molecule has 0 saturated carbocycles. The predicted octanol–water partition coefficient (Wildman–Crippen LogP) is 5.19. The van der Waals surface area contributed by atoms with E-state index in [-0.39, 0.29) is 5.78 Å². The summed E-state index contributed by atoms with van der Waals surface area (Å²) in [6.45, 7) is 0. The zero-order valence-electron chi connectivity index (χ0n) is 14.9. The fraction of sp³-hybridized carbons (Fsp3) is 0.0833. The Morgan fingerprint density at radius 1 is 0.667 bits per heavy atom. The molecule has 0 aromatic heterocycles. The monoisotopic (exact) mass is 351 g/mol. The minimum atomic E-state index is 0.114. The number of carbonyl (C=O) groups excluding carboxylic acids is 1. The highest BCUT2D eigenvalue weighted by atomic mass is 16.1. The molecule has 1 radical (unpaired) electrons. The van der Waals surface area contributed by atoms with Crippen LogP contribution >= 0.6 is 0 Å². The van der Waals surface area contributed by atoms with Gasteiger partial charge in [-0.1, -0.05) is 91.0 Å². The van der Waals surface area contributed by atoms with Crippen LogP contribution in [0.4, 0.5) is 0 Å². The van der Waals surface area contributed by atoms with E-state index in [4.69, 9.17) is 10.3 Å². The number of amidine groups is 1. The molecule has 0 bridgehead atoms. The van der Waals surface area contributed by atoms with Gasteiger partial charge in [-0.3, -0.25) is 4.79 Å². The van der Waals surface area contributed by atoms with Crippen molar-refractivity contribution in [1.29, 1.82) is 0 Å². The highest BCUT2D eigenvalue weighted by Crippen LogP contribution is 2.31. The topological polar surface area (TPSA) is 43.5 Å². The van der Waals surface area contributed by atoms with E-state index in [2.05, 4.69) is 0 Å². The highest BCUT2D eigenvalue weighted by molar-refractivity contribution is 6.08. The Morgan fingerprint density at radius 2 is 1.19 bits per heavy atom. The van der Waals surface area contributed by atoms with Gasteiger partial charge >= 0.3 is 0 Å². The van der Waals surface area contributed by atoms with Crippen LogP contribution in [0.5, 0.6) is 0 Å². The summed E-state index contributed by atoms with van der Waals surface area (Å²) in [4.78, 5) is 17.2. The average molecular weight is 351 g/mol. The zero-order chi connectivity index (χ0) is 18.5. The van der Waals surface area contributed by atoms with E-state index in [1.165, 1.54) is 0 Å². The molecule has 1 aliphatic rings. The van der Waals surface area contributed by atoms with Gasteiger partial charge in [-0.15, -0.1) is 0 Å². The summed E-state index contributed by atoms with van der Waals surface area (Å²) in [5.41, 5.74) is 4.53. The molecule has 3 heteroatoms. The van der Waals surface area contributed by atoms with E-state index in [9.17, 15) is 4.79 Å². The van der Waals surface area contributed by atoms with Gasteiger partial charge in [0, 0.05) is 29.5 Å². The Balaban J connectivity index is 1.56. The molecule has 0 atom stereocenters. The van der Waals surface area contributed by atoms with E-state index >= 15 is 0 Å². The third-order valence-corrected chi connectivity index (χ3v) is 4.47. The Morgan fingerprint density at radius 3 is 1.78 bits per heavy atom. The SMILES string of the molecule is O=C(CCC1=NC(c2ccccc2)=C(c2ccccc2)[N]1)c1ccccc1. The smallest absolute Gasteiger partial charge is 0.163 e. The minimum absolute atomic E-state index is 0.114. The Hall–Kier alpha value is -3.46. The van der Waals surface area contributed by atoms with Crippen LogP contribution in [0.25, 0.3) is 11.4 Å². The molecule has 0 aliphatic carbocycles. The molecule has 0 N–H and O–H groups in total. The van der Waals surface area contributed by atoms with Crippen molar-refractivity contribution in [1.82, 2.24) is 5.32 Å². The summed E-state index contributed by atoms with van der Waals surface area (Å²) in [6.07, 6.45) is 0.927. The lowest BCUT2D eigenvalue weighted by Crippen LogP contribution is -2.12. The predicted molar refractivity (Wildman–Crippen MR) is 109 cm³/mol. The summed E-state index contributed by atoms with van der Waals surface area (Å²) < 4.78 is 0. The van der Waals surface area contributed by atoms with Gasteiger partial charge in [-0.05, 0) is 0 Å². The summed E-state index contributed by atoms with van der Waals surface area (Å²) in [5, 5.41) is 4.76. The first-order valence-electron chi connectivity index (χ1n) is 9.04. The quantitative estimate of drug-likeness (QED) is 0.563. The maximum Gasteiger partial charge on any atom is 0.163 e. The molecule has 1 heterocycles. The molecule has 4 rings (SSSR count). The summed E-state index contributed by atoms with van der Waals surface area (Å²) in [5.74, 6) is 0.819. The lowest BCUT2D eigenvalue weighted by Gasteiger charge is -2.06. The van der Waals surface area contributed by atoms with E-state index in [1.807, 2.05) is 91.0 Å². The standard InChI is InChI=1S/C24H19N2O/c27-21(18-10-4-1-5-11-18)16-17-22-25-23(19-12-6-2-7-13-19)24(26-22)20-14-8-3-9-15-20/h1-15H,16-17H2. The Kier molecular flexibility index (Phi) is 4.93. The first-order chi connectivity index (χ1) is 13.3. The maximum absolute atomic E-state index is 12.4. The molecule has 27 heavy (non-hydrogen) atoms. The molecule has 3 aromatic rings. The third kappa shape index (κ3) is 3.87. The molecule has 131 valence electrons. The molecule has 0 fully saturated rings. The second-order valence-corrected chi connectivity index (χ2v) is 6.36. The van der Waals surface area contributed by atoms with Crippen LogP contribution in [-0.2, 0) is 0 Å². The fourth-order valence-corrected chi connectivity index (χ4v) is 3.09. The number of hydrogen-bond donors (Lipinski definition) is 0. The second-order valence-electron chi connectivity index (χ2n) is 6.36. The molecular weight excluding hydrogens is 332 g/mol. The number of ketones is 1. The second kappa shape index (κ2) is 7.83. The average Bonchev–Trinajstić information content (AvgIpc) is 3.18. The molecule has 1 aliphatic heterocycles. The van der Waals surface area contributed by atoms with Gasteiger partial charge < -0.3 is 0 Å². The molecule has 3 nitrogen and oxygen atoms in total. The molecule has 0 saturated heterocycles. The molecule has 0 amide bonds. The van der Waals surface area contributed by atoms with Crippen LogP contribution in [0.15, 0.2) is 96.0 Å². The Labute approximate surface area is 159 Å². The van der Waals surface area contributed by atoms with Crippen molar-refractivity contribution in [2.24, 2.45) is 4.99 Å². The van der Waals surface area contributed by atoms with Gasteiger partial charge in [-0.2, -0.15) is 0 Å². The van der Waals surface area contributed by atoms with Crippen LogP contribution in [0, 0.1) is 0 Å². The van der Waals surface area contributed by atoms with Crippen molar-refractivity contribution >= 4 is 23.0 Å². The van der Waals surface area contributed by atoms with Crippen LogP contribution < -0.4 is 5.32 Å². The number of aliphatic imine (C=N–C) groups is 1. The van der Waals surface area contributed by atoms with Gasteiger partial charge in [0.2, 0.25) is 0 Å². The normalized spacial score (nSPS) is 13.3. The van der Waals surface area contributed by atoms with E-state index in [0.717, 1.165) is 28.1 Å². The summed E-state index contributed by atoms with van der Waals surface area (Å²) in [6, 6.07) is 29.5. The number of nitrogens with zero attached hydrogens (tertiary/aromatic N) is 2. The fourth-order valence-electron chi connectivity index (χ4n) is 3.09. The van der Waals surface area contributed by atoms with Crippen LogP contribution in [0.3, 0.4) is 0 Å². The van der Waals surface area contributed by atoms with Crippen molar-refractivity contribution in [3.05, 3.63) is 108 Å². The van der Waals surface area contributed by atoms with Gasteiger partial charge in [0.15, 0.2) is 5.78 Å². The van der Waals surface area contributed by atoms with Crippen LogP contribution in [0.1, 0.15) is 34.3 Å². The lowest BCUT2D eigenvalue weighted by atomic mass is 10.1. The minimum Gasteiger partial charge on any atom is -0.294 e. The summed E-state index contributed by atoms with van der Waals surface area (Å²) in [7, 11) is 0. The summed E-state index contributed by atoms with van der Waals surface area (Å²) >= 11 is 0. The van der Waals surface area contributed by atoms with Gasteiger partial charge in [0.25, 0.3) is 0 Å². The molecule has 3 aromatic carbocycles. The van der Waals surface area contributed by atoms with Crippen molar-refractivity contribution in [2.45, 2.75) is 12.8 Å². The van der Waals surface area contributed by atoms with Gasteiger partial charge in [-0.25, -0.2) is 10.3 Å². The highest BCUT2D eigenvalue weighted by Gasteiger charge is 2.22. The van der Waals surface area contributed by atoms with E-state index < -0.39 is 0 Å². The number of carbonyl (C=O) groups is 1. The molecule has 0 spiro atoms. The molecule has 0 unspecified atom stereocenters. The first kappa shape index (κ1) is 17.0. The Bertz CT molecular complexity index is 990. The van der Waals surface area contributed by atoms with Gasteiger partial charge in [0.05, 0.1) is 11.4 Å². The van der Waals surface area contributed by atoms with Crippen molar-refractivity contribution in [2.75, 3.05) is 0 Å². The van der Waals surface area contributed by atoms with E-state index in [1.54, 1.807) is 0 Å². The molecular formula is C24H19N2O. The van der Waals surface area contributed by atoms with Gasteiger partial charge in [0.1, 0.15) is 5.84 Å². The van der Waals surface area contributed by atoms with Crippen molar-refractivity contribution in [3.63, 3.8) is 0 Å². The number of hydrogen-bond acceptors (Lipinski definition) is 2. The largest absolute Gasteiger partial charge is 0.294 e. The number of rotatable bonds is 6. The third-order valence-electron chi connectivity index (χ3n) is 4.47. The van der Waals surface area contributed by atoms with Crippen LogP contribution in [0.2, 0.25) is 0 Å².